The summed E-state index contributed by atoms with van der Waals surface area (Å²) in [4.78, 5) is 0. The van der Waals surface area contributed by atoms with Crippen LogP contribution in [0.4, 0.5) is 0 Å². The van der Waals surface area contributed by atoms with E-state index in [2.05, 4.69) is 172 Å². The van der Waals surface area contributed by atoms with Crippen LogP contribution in [0, 0.1) is 0 Å². The van der Waals surface area contributed by atoms with Gasteiger partial charge in [-0.15, -0.1) is 0 Å². The third-order valence-corrected chi connectivity index (χ3v) is 12.1. The van der Waals surface area contributed by atoms with Crippen molar-refractivity contribution in [2.45, 2.75) is 32.1 Å². The quantitative estimate of drug-likeness (QED) is 0.167. The Morgan fingerprint density at radius 3 is 1.82 bits per heavy atom. The highest BCUT2D eigenvalue weighted by Gasteiger charge is 2.37. The van der Waals surface area contributed by atoms with Gasteiger partial charge in [0.2, 0.25) is 0 Å². The first-order chi connectivity index (χ1) is 25.1. The maximum atomic E-state index is 2.49. The molecule has 9 aromatic rings. The zero-order valence-electron chi connectivity index (χ0n) is 28.9. The lowest BCUT2D eigenvalue weighted by atomic mass is 9.80. The molecule has 0 saturated heterocycles. The third kappa shape index (κ3) is 3.96. The Balaban J connectivity index is 1.32. The minimum Gasteiger partial charge on any atom is -0.0619 e. The van der Waals surface area contributed by atoms with Gasteiger partial charge in [0.05, 0.1) is 0 Å². The molecule has 9 aromatic carbocycles. The van der Waals surface area contributed by atoms with E-state index < -0.39 is 0 Å². The van der Waals surface area contributed by atoms with E-state index in [-0.39, 0.29) is 5.41 Å². The molecule has 51 heavy (non-hydrogen) atoms. The molecule has 0 atom stereocenters. The van der Waals surface area contributed by atoms with Crippen LogP contribution in [0.25, 0.3) is 87.6 Å². The summed E-state index contributed by atoms with van der Waals surface area (Å²) in [7, 11) is 0. The second kappa shape index (κ2) is 10.5. The summed E-state index contributed by atoms with van der Waals surface area (Å²) in [5, 5.41) is 10.6. The molecule has 240 valence electrons. The van der Waals surface area contributed by atoms with Crippen LogP contribution in [0.5, 0.6) is 0 Å². The van der Waals surface area contributed by atoms with E-state index in [1.54, 1.807) is 0 Å². The van der Waals surface area contributed by atoms with Crippen molar-refractivity contribution < 1.29 is 0 Å². The van der Waals surface area contributed by atoms with Crippen molar-refractivity contribution in [3.8, 4) is 44.5 Å². The smallest absolute Gasteiger partial charge is 0.0159 e. The van der Waals surface area contributed by atoms with Gasteiger partial charge >= 0.3 is 0 Å². The van der Waals surface area contributed by atoms with Crippen LogP contribution in [0.1, 0.15) is 36.1 Å². The summed E-state index contributed by atoms with van der Waals surface area (Å²) < 4.78 is 0. The second-order valence-electron chi connectivity index (χ2n) is 15.1. The summed E-state index contributed by atoms with van der Waals surface area (Å²) in [6.45, 7) is 4.77. The Labute approximate surface area is 298 Å². The molecule has 0 spiro atoms. The molecule has 0 aliphatic heterocycles. The Morgan fingerprint density at radius 2 is 0.961 bits per heavy atom. The fraction of sp³-hybridized carbons (Fsp3) is 0.0980. The third-order valence-electron chi connectivity index (χ3n) is 12.1. The summed E-state index contributed by atoms with van der Waals surface area (Å²) in [5.74, 6) is 0. The van der Waals surface area contributed by atoms with Gasteiger partial charge in [0, 0.05) is 5.41 Å². The second-order valence-corrected chi connectivity index (χ2v) is 15.1. The van der Waals surface area contributed by atoms with Gasteiger partial charge < -0.3 is 0 Å². The first-order valence-electron chi connectivity index (χ1n) is 18.3. The number of rotatable bonds is 3. The number of fused-ring (bicyclic) bond motifs is 6. The minimum atomic E-state index is -0.0771. The Bertz CT molecular complexity index is 2920. The number of hydrogen-bond acceptors (Lipinski definition) is 0. The van der Waals surface area contributed by atoms with Crippen LogP contribution in [0.15, 0.2) is 158 Å². The standard InChI is InChI=1S/C51H36/c1-51(2)45-22-8-7-18-42(45)50-43(21-11-23-46(50)51)49-39-17-6-5-16-38(39)48(40-28-26-33-25-24-32-14-10-20-37(40)47(32)33)41-29-27-34(30-44(41)49)36-19-9-13-31-12-3-4-15-35(31)36/h3-23,26-30H,24-25H2,1-2H3. The lowest BCUT2D eigenvalue weighted by molar-refractivity contribution is 0.660. The van der Waals surface area contributed by atoms with Crippen molar-refractivity contribution in [3.63, 3.8) is 0 Å². The number of benzene rings is 9. The summed E-state index contributed by atoms with van der Waals surface area (Å²) in [6.07, 6.45) is 2.25. The van der Waals surface area contributed by atoms with Gasteiger partial charge in [-0.05, 0) is 129 Å². The molecule has 0 heteroatoms. The van der Waals surface area contributed by atoms with E-state index in [0.717, 1.165) is 12.8 Å². The highest BCUT2D eigenvalue weighted by molar-refractivity contribution is 6.25. The van der Waals surface area contributed by atoms with Crippen LogP contribution >= 0.6 is 0 Å². The Kier molecular flexibility index (Phi) is 5.94. The van der Waals surface area contributed by atoms with Gasteiger partial charge in [-0.3, -0.25) is 0 Å². The van der Waals surface area contributed by atoms with Crippen molar-refractivity contribution in [1.82, 2.24) is 0 Å². The fourth-order valence-corrected chi connectivity index (χ4v) is 9.83. The first-order valence-corrected chi connectivity index (χ1v) is 18.3. The van der Waals surface area contributed by atoms with Crippen molar-refractivity contribution in [1.29, 1.82) is 0 Å². The van der Waals surface area contributed by atoms with E-state index in [9.17, 15) is 0 Å². The molecule has 0 radical (unpaired) electrons. The van der Waals surface area contributed by atoms with Crippen molar-refractivity contribution in [2.24, 2.45) is 0 Å². The molecule has 0 amide bonds. The lowest BCUT2D eigenvalue weighted by Gasteiger charge is -2.23. The molecule has 2 aliphatic rings. The van der Waals surface area contributed by atoms with Crippen LogP contribution < -0.4 is 0 Å². The average Bonchev–Trinajstić information content (AvgIpc) is 3.71. The molecular weight excluding hydrogens is 613 g/mol. The molecule has 0 saturated carbocycles. The molecule has 0 heterocycles. The highest BCUT2D eigenvalue weighted by Crippen LogP contribution is 2.55. The maximum Gasteiger partial charge on any atom is 0.0159 e. The van der Waals surface area contributed by atoms with Gasteiger partial charge in [0.1, 0.15) is 0 Å². The molecule has 0 nitrogen and oxygen atoms in total. The fourth-order valence-electron chi connectivity index (χ4n) is 9.83. The van der Waals surface area contributed by atoms with E-state index in [0.29, 0.717) is 0 Å². The lowest BCUT2D eigenvalue weighted by Crippen LogP contribution is -2.14. The summed E-state index contributed by atoms with van der Waals surface area (Å²) in [5.41, 5.74) is 16.2. The van der Waals surface area contributed by atoms with Crippen LogP contribution in [0.2, 0.25) is 0 Å². The topological polar surface area (TPSA) is 0 Å². The largest absolute Gasteiger partial charge is 0.0619 e. The first kappa shape index (κ1) is 28.8. The minimum absolute atomic E-state index is 0.0771. The number of aryl methyl sites for hydroxylation is 2. The summed E-state index contributed by atoms with van der Waals surface area (Å²) in [6, 6.07) is 59.7. The van der Waals surface area contributed by atoms with E-state index in [1.165, 1.54) is 110 Å². The zero-order valence-corrected chi connectivity index (χ0v) is 28.9. The van der Waals surface area contributed by atoms with E-state index in [1.807, 2.05) is 0 Å². The van der Waals surface area contributed by atoms with Crippen molar-refractivity contribution in [2.75, 3.05) is 0 Å². The summed E-state index contributed by atoms with van der Waals surface area (Å²) >= 11 is 0. The van der Waals surface area contributed by atoms with Gasteiger partial charge in [-0.1, -0.05) is 166 Å². The maximum absolute atomic E-state index is 2.49. The van der Waals surface area contributed by atoms with E-state index >= 15 is 0 Å². The van der Waals surface area contributed by atoms with Gasteiger partial charge in [0.15, 0.2) is 0 Å². The normalized spacial score (nSPS) is 14.1. The van der Waals surface area contributed by atoms with Crippen LogP contribution in [-0.2, 0) is 18.3 Å². The Morgan fingerprint density at radius 1 is 0.373 bits per heavy atom. The predicted octanol–water partition coefficient (Wildman–Crippen LogP) is 13.7. The van der Waals surface area contributed by atoms with Crippen LogP contribution in [-0.4, -0.2) is 0 Å². The molecular formula is C51H36. The van der Waals surface area contributed by atoms with Gasteiger partial charge in [-0.2, -0.15) is 0 Å². The molecule has 0 unspecified atom stereocenters. The van der Waals surface area contributed by atoms with Gasteiger partial charge in [0.25, 0.3) is 0 Å². The molecule has 0 fully saturated rings. The monoisotopic (exact) mass is 648 g/mol. The predicted molar refractivity (Wildman–Crippen MR) is 218 cm³/mol. The van der Waals surface area contributed by atoms with E-state index in [4.69, 9.17) is 0 Å². The molecule has 11 rings (SSSR count). The molecule has 0 N–H and O–H groups in total. The van der Waals surface area contributed by atoms with Crippen molar-refractivity contribution >= 4 is 43.1 Å². The Hall–Kier alpha value is -5.98. The average molecular weight is 649 g/mol. The molecule has 0 aromatic heterocycles. The van der Waals surface area contributed by atoms with Crippen molar-refractivity contribution in [3.05, 3.63) is 180 Å². The highest BCUT2D eigenvalue weighted by atomic mass is 14.4. The zero-order chi connectivity index (χ0) is 33.8. The molecule has 2 aliphatic carbocycles. The van der Waals surface area contributed by atoms with Crippen LogP contribution in [0.3, 0.4) is 0 Å². The van der Waals surface area contributed by atoms with Gasteiger partial charge in [-0.25, -0.2) is 0 Å². The SMILES string of the molecule is CC1(C)c2ccccc2-c2c(-c3c4ccccc4c(-c4ccc5c6c(cccc46)CC5)c4ccc(-c5cccc6ccccc56)cc34)cccc21. The molecule has 0 bridgehead atoms. The number of hydrogen-bond donors (Lipinski definition) is 0.